The van der Waals surface area contributed by atoms with Crippen molar-refractivity contribution in [2.24, 2.45) is 0 Å². The molecule has 0 aromatic carbocycles. The number of amides is 1. The lowest BCUT2D eigenvalue weighted by Gasteiger charge is -2.40. The van der Waals surface area contributed by atoms with Crippen molar-refractivity contribution in [2.45, 2.75) is 230 Å². The fourth-order valence-corrected chi connectivity index (χ4v) is 7.53. The first-order valence-corrected chi connectivity index (χ1v) is 26.8. The number of rotatable bonds is 43. The van der Waals surface area contributed by atoms with E-state index in [4.69, 9.17) is 9.47 Å². The average molecular weight is 948 g/mol. The van der Waals surface area contributed by atoms with Gasteiger partial charge in [-0.1, -0.05) is 212 Å². The van der Waals surface area contributed by atoms with Gasteiger partial charge in [0.2, 0.25) is 5.91 Å². The molecule has 0 spiro atoms. The monoisotopic (exact) mass is 948 g/mol. The number of ether oxygens (including phenoxy) is 2. The summed E-state index contributed by atoms with van der Waals surface area (Å²) < 4.78 is 11.2. The van der Waals surface area contributed by atoms with Crippen LogP contribution in [0, 0.1) is 0 Å². The van der Waals surface area contributed by atoms with E-state index in [1.807, 2.05) is 6.08 Å². The lowest BCUT2D eigenvalue weighted by molar-refractivity contribution is -0.302. The third-order valence-corrected chi connectivity index (χ3v) is 11.8. The van der Waals surface area contributed by atoms with Gasteiger partial charge in [-0.25, -0.2) is 0 Å². The van der Waals surface area contributed by atoms with Gasteiger partial charge in [0, 0.05) is 6.42 Å². The van der Waals surface area contributed by atoms with E-state index in [0.717, 1.165) is 103 Å². The maximum absolute atomic E-state index is 12.9. The zero-order chi connectivity index (χ0) is 49.4. The summed E-state index contributed by atoms with van der Waals surface area (Å²) in [5.41, 5.74) is 0. The Labute approximate surface area is 414 Å². The Morgan fingerprint density at radius 2 is 0.926 bits per heavy atom. The maximum atomic E-state index is 12.9. The molecule has 386 valence electrons. The van der Waals surface area contributed by atoms with Gasteiger partial charge in [0.05, 0.1) is 25.4 Å². The van der Waals surface area contributed by atoms with Crippen molar-refractivity contribution in [1.29, 1.82) is 0 Å². The summed E-state index contributed by atoms with van der Waals surface area (Å²) in [7, 11) is 0. The molecule has 0 saturated carbocycles. The number of carbonyl (C=O) groups excluding carboxylic acids is 1. The number of unbranched alkanes of at least 4 members (excludes halogenated alkanes) is 15. The summed E-state index contributed by atoms with van der Waals surface area (Å²) in [4.78, 5) is 12.9. The predicted octanol–water partition coefficient (Wildman–Crippen LogP) is 12.8. The average Bonchev–Trinajstić information content (AvgIpc) is 3.34. The second kappa shape index (κ2) is 47.3. The van der Waals surface area contributed by atoms with Crippen LogP contribution in [0.5, 0.6) is 0 Å². The van der Waals surface area contributed by atoms with E-state index in [9.17, 15) is 30.3 Å². The molecule has 7 atom stereocenters. The van der Waals surface area contributed by atoms with Crippen LogP contribution in [-0.4, -0.2) is 87.5 Å². The zero-order valence-electron chi connectivity index (χ0n) is 42.6. The van der Waals surface area contributed by atoms with E-state index in [0.29, 0.717) is 6.42 Å². The minimum Gasteiger partial charge on any atom is -0.394 e. The Bertz CT molecular complexity index is 1470. The molecule has 6 N–H and O–H groups in total. The number of aliphatic hydroxyl groups is 5. The first kappa shape index (κ1) is 62.6. The van der Waals surface area contributed by atoms with Crippen LogP contribution in [0.15, 0.2) is 122 Å². The minimum absolute atomic E-state index is 0.199. The number of hydrogen-bond acceptors (Lipinski definition) is 8. The Balaban J connectivity index is 2.10. The van der Waals surface area contributed by atoms with Crippen LogP contribution in [0.25, 0.3) is 0 Å². The number of carbonyl (C=O) groups is 1. The smallest absolute Gasteiger partial charge is 0.220 e. The molecule has 9 nitrogen and oxygen atoms in total. The predicted molar refractivity (Wildman–Crippen MR) is 285 cm³/mol. The quantitative estimate of drug-likeness (QED) is 0.0261. The fourth-order valence-electron chi connectivity index (χ4n) is 7.53. The number of nitrogens with one attached hydrogen (secondary N) is 1. The molecule has 7 unspecified atom stereocenters. The van der Waals surface area contributed by atoms with Crippen molar-refractivity contribution in [3.8, 4) is 0 Å². The van der Waals surface area contributed by atoms with E-state index >= 15 is 0 Å². The van der Waals surface area contributed by atoms with E-state index in [1.54, 1.807) is 6.08 Å². The highest BCUT2D eigenvalue weighted by Gasteiger charge is 2.44. The molecule has 1 fully saturated rings. The van der Waals surface area contributed by atoms with Crippen molar-refractivity contribution >= 4 is 5.91 Å². The van der Waals surface area contributed by atoms with Crippen LogP contribution in [0.4, 0.5) is 0 Å². The lowest BCUT2D eigenvalue weighted by atomic mass is 9.99. The number of allylic oxidation sites excluding steroid dienone is 19. The summed E-state index contributed by atoms with van der Waals surface area (Å²) in [6, 6.07) is -0.827. The van der Waals surface area contributed by atoms with Gasteiger partial charge in [-0.15, -0.1) is 0 Å². The number of hydrogen-bond donors (Lipinski definition) is 6. The Morgan fingerprint density at radius 3 is 1.41 bits per heavy atom. The third kappa shape index (κ3) is 36.6. The van der Waals surface area contributed by atoms with E-state index in [2.05, 4.69) is 129 Å². The molecule has 68 heavy (non-hydrogen) atoms. The molecule has 1 amide bonds. The van der Waals surface area contributed by atoms with Gasteiger partial charge in [-0.2, -0.15) is 0 Å². The molecule has 0 aromatic rings. The Morgan fingerprint density at radius 1 is 0.515 bits per heavy atom. The van der Waals surface area contributed by atoms with Gasteiger partial charge >= 0.3 is 0 Å². The highest BCUT2D eigenvalue weighted by atomic mass is 16.7. The maximum Gasteiger partial charge on any atom is 0.220 e. The summed E-state index contributed by atoms with van der Waals surface area (Å²) >= 11 is 0. The lowest BCUT2D eigenvalue weighted by Crippen LogP contribution is -2.60. The van der Waals surface area contributed by atoms with E-state index in [1.165, 1.54) is 64.2 Å². The van der Waals surface area contributed by atoms with Crippen LogP contribution in [0.1, 0.15) is 187 Å². The molecule has 1 heterocycles. The van der Waals surface area contributed by atoms with Gasteiger partial charge < -0.3 is 40.3 Å². The van der Waals surface area contributed by atoms with Crippen molar-refractivity contribution in [2.75, 3.05) is 13.2 Å². The molecule has 1 aliphatic heterocycles. The van der Waals surface area contributed by atoms with Gasteiger partial charge in [0.15, 0.2) is 6.29 Å². The fraction of sp³-hybridized carbons (Fsp3) is 0.644. The topological polar surface area (TPSA) is 149 Å². The molecule has 9 heteroatoms. The largest absolute Gasteiger partial charge is 0.394 e. The minimum atomic E-state index is -1.58. The molecular formula is C59H97NO8. The molecule has 0 bridgehead atoms. The Hall–Kier alpha value is -3.41. The molecule has 0 aliphatic carbocycles. The van der Waals surface area contributed by atoms with Crippen molar-refractivity contribution in [1.82, 2.24) is 5.32 Å². The normalized spacial score (nSPS) is 20.6. The first-order chi connectivity index (χ1) is 33.3. The first-order valence-electron chi connectivity index (χ1n) is 26.8. The highest BCUT2D eigenvalue weighted by molar-refractivity contribution is 5.76. The van der Waals surface area contributed by atoms with Crippen molar-refractivity contribution in [3.63, 3.8) is 0 Å². The van der Waals surface area contributed by atoms with Gasteiger partial charge in [0.1, 0.15) is 24.4 Å². The molecule has 1 rings (SSSR count). The van der Waals surface area contributed by atoms with Crippen LogP contribution in [-0.2, 0) is 14.3 Å². The van der Waals surface area contributed by atoms with Crippen molar-refractivity contribution in [3.05, 3.63) is 122 Å². The van der Waals surface area contributed by atoms with Crippen LogP contribution in [0.2, 0.25) is 0 Å². The Kier molecular flexibility index (Phi) is 43.5. The van der Waals surface area contributed by atoms with Gasteiger partial charge in [-0.05, 0) is 89.9 Å². The summed E-state index contributed by atoms with van der Waals surface area (Å²) in [6.45, 7) is 3.54. The standard InChI is InChI=1S/C59H97NO8/c1-3-5-7-9-11-13-14-15-16-17-18-19-20-21-22-23-24-25-26-27-28-29-30-31-32-33-34-35-36-37-38-39-40-41-43-45-47-49-55(63)60-52(53(62)48-46-44-42-12-10-8-6-4-2)51-67-59-58(66)57(65)56(64)54(50-61)68-59/h5,7,10-13,15-16,18-19,21-22,24-25,27-28,30-31,46,48,52-54,56-59,61-62,64-66H,3-4,6,8-9,14,17,20,23,26,29,32-45,47,49-51H2,1-2H3,(H,60,63)/b7-5-,12-10+,13-11-,16-15-,19-18-,22-21-,25-24-,28-27-,31-30-,48-46+. The highest BCUT2D eigenvalue weighted by Crippen LogP contribution is 2.22. The zero-order valence-corrected chi connectivity index (χ0v) is 42.6. The van der Waals surface area contributed by atoms with E-state index in [-0.39, 0.29) is 12.5 Å². The van der Waals surface area contributed by atoms with Crippen LogP contribution in [0.3, 0.4) is 0 Å². The molecule has 0 aromatic heterocycles. The van der Waals surface area contributed by atoms with Crippen LogP contribution < -0.4 is 5.32 Å². The van der Waals surface area contributed by atoms with Gasteiger partial charge in [0.25, 0.3) is 0 Å². The molecular weight excluding hydrogens is 851 g/mol. The van der Waals surface area contributed by atoms with Gasteiger partial charge in [-0.3, -0.25) is 4.79 Å². The SMILES string of the molecule is CC/C=C\C/C=C\C/C=C\C/C=C\C/C=C\C/C=C\C/C=C\C/C=C\CCCCCCCCCCCCCCC(=O)NC(COC1OC(CO)C(O)C(O)C1O)C(O)/C=C/CC/C=C/CCCC. The third-order valence-electron chi connectivity index (χ3n) is 11.8. The molecule has 1 saturated heterocycles. The summed E-state index contributed by atoms with van der Waals surface area (Å²) in [5.74, 6) is -0.199. The molecule has 1 aliphatic rings. The number of aliphatic hydroxyl groups excluding tert-OH is 5. The van der Waals surface area contributed by atoms with E-state index < -0.39 is 49.5 Å². The second-order valence-electron chi connectivity index (χ2n) is 17.9. The second-order valence-corrected chi connectivity index (χ2v) is 17.9. The van der Waals surface area contributed by atoms with Crippen molar-refractivity contribution < 1.29 is 39.8 Å². The summed E-state index contributed by atoms with van der Waals surface area (Å²) in [5, 5.41) is 54.0. The molecule has 0 radical (unpaired) electrons. The summed E-state index contributed by atoms with van der Waals surface area (Å²) in [6.07, 6.45) is 64.4. The van der Waals surface area contributed by atoms with Crippen LogP contribution >= 0.6 is 0 Å².